The second-order valence-electron chi connectivity index (χ2n) is 5.20. The first-order chi connectivity index (χ1) is 8.72. The summed E-state index contributed by atoms with van der Waals surface area (Å²) in [5.74, 6) is 0.623. The molecule has 2 aromatic rings. The third-order valence-corrected chi connectivity index (χ3v) is 3.43. The molecule has 0 unspecified atom stereocenters. The molecule has 1 aliphatic rings. The molecular formula is C16H17NO. The summed E-state index contributed by atoms with van der Waals surface area (Å²) < 4.78 is 2.09. The minimum absolute atomic E-state index is 0.305. The minimum Gasteiger partial charge on any atom is -0.349 e. The molecule has 0 bridgehead atoms. The van der Waals surface area contributed by atoms with Crippen LogP contribution in [0.5, 0.6) is 0 Å². The molecule has 1 aromatic carbocycles. The van der Waals surface area contributed by atoms with E-state index in [4.69, 9.17) is 0 Å². The highest BCUT2D eigenvalue weighted by Crippen LogP contribution is 2.32. The lowest BCUT2D eigenvalue weighted by atomic mass is 10.1. The molecule has 0 N–H and O–H groups in total. The Kier molecular flexibility index (Phi) is 2.78. The Hall–Kier alpha value is -1.83. The summed E-state index contributed by atoms with van der Waals surface area (Å²) in [6, 6.07) is 10.4. The summed E-state index contributed by atoms with van der Waals surface area (Å²) in [7, 11) is 0. The number of rotatable bonds is 4. The number of aromatic nitrogens is 1. The summed E-state index contributed by atoms with van der Waals surface area (Å²) in [4.78, 5) is 11.9. The van der Waals surface area contributed by atoms with E-state index >= 15 is 0 Å². The van der Waals surface area contributed by atoms with Gasteiger partial charge in [-0.25, -0.2) is 0 Å². The second-order valence-corrected chi connectivity index (χ2v) is 5.20. The van der Waals surface area contributed by atoms with Gasteiger partial charge in [0, 0.05) is 30.4 Å². The molecular weight excluding hydrogens is 222 g/mol. The third-order valence-electron chi connectivity index (χ3n) is 3.43. The first-order valence-corrected chi connectivity index (χ1v) is 6.48. The van der Waals surface area contributed by atoms with E-state index in [1.165, 1.54) is 11.1 Å². The molecule has 0 saturated heterocycles. The van der Waals surface area contributed by atoms with Crippen molar-refractivity contribution in [3.05, 3.63) is 59.4 Å². The third kappa shape index (κ3) is 2.37. The molecule has 2 heteroatoms. The van der Waals surface area contributed by atoms with Crippen molar-refractivity contribution in [2.45, 2.75) is 26.3 Å². The molecule has 1 aromatic heterocycles. The highest BCUT2D eigenvalue weighted by Gasteiger charge is 2.30. The summed E-state index contributed by atoms with van der Waals surface area (Å²) in [5.41, 5.74) is 3.41. The van der Waals surface area contributed by atoms with Gasteiger partial charge in [0.25, 0.3) is 0 Å². The summed E-state index contributed by atoms with van der Waals surface area (Å²) in [6.45, 7) is 2.93. The van der Waals surface area contributed by atoms with Crippen molar-refractivity contribution in [2.24, 2.45) is 5.92 Å². The number of hydrogen-bond donors (Lipinski definition) is 0. The maximum Gasteiger partial charge on any atom is 0.167 e. The van der Waals surface area contributed by atoms with E-state index in [-0.39, 0.29) is 0 Å². The van der Waals surface area contributed by atoms with Crippen molar-refractivity contribution in [1.29, 1.82) is 0 Å². The van der Waals surface area contributed by atoms with Crippen LogP contribution in [0.1, 0.15) is 34.3 Å². The summed E-state index contributed by atoms with van der Waals surface area (Å²) >= 11 is 0. The first kappa shape index (κ1) is 11.3. The van der Waals surface area contributed by atoms with Gasteiger partial charge in [-0.2, -0.15) is 0 Å². The van der Waals surface area contributed by atoms with Gasteiger partial charge in [-0.05, 0) is 31.4 Å². The van der Waals surface area contributed by atoms with E-state index in [1.54, 1.807) is 0 Å². The molecule has 0 atom stereocenters. The molecule has 92 valence electrons. The van der Waals surface area contributed by atoms with Crippen LogP contribution in [-0.4, -0.2) is 10.4 Å². The van der Waals surface area contributed by atoms with Crippen molar-refractivity contribution in [3.63, 3.8) is 0 Å². The Morgan fingerprint density at radius 1 is 1.33 bits per heavy atom. The van der Waals surface area contributed by atoms with Gasteiger partial charge in [0.1, 0.15) is 0 Å². The lowest BCUT2D eigenvalue weighted by molar-refractivity contribution is 0.0967. The fourth-order valence-corrected chi connectivity index (χ4v) is 2.29. The molecule has 1 heterocycles. The van der Waals surface area contributed by atoms with Crippen LogP contribution in [0.25, 0.3) is 0 Å². The molecule has 1 fully saturated rings. The largest absolute Gasteiger partial charge is 0.349 e. The number of hydrogen-bond acceptors (Lipinski definition) is 1. The van der Waals surface area contributed by atoms with Gasteiger partial charge < -0.3 is 4.57 Å². The predicted molar refractivity (Wildman–Crippen MR) is 71.8 cm³/mol. The van der Waals surface area contributed by atoms with Crippen LogP contribution in [-0.2, 0) is 6.54 Å². The Labute approximate surface area is 107 Å². The fourth-order valence-electron chi connectivity index (χ4n) is 2.29. The molecule has 0 aliphatic heterocycles. The topological polar surface area (TPSA) is 22.0 Å². The van der Waals surface area contributed by atoms with Crippen LogP contribution in [0, 0.1) is 12.8 Å². The molecule has 3 rings (SSSR count). The molecule has 1 aliphatic carbocycles. The number of aryl methyl sites for hydroxylation is 1. The van der Waals surface area contributed by atoms with Crippen LogP contribution >= 0.6 is 0 Å². The first-order valence-electron chi connectivity index (χ1n) is 6.48. The molecule has 0 spiro atoms. The van der Waals surface area contributed by atoms with E-state index in [1.807, 2.05) is 18.5 Å². The summed E-state index contributed by atoms with van der Waals surface area (Å²) in [5, 5.41) is 0. The zero-order valence-electron chi connectivity index (χ0n) is 10.6. The Balaban J connectivity index is 1.75. The standard InChI is InChI=1S/C16H17NO/c1-12-3-2-4-13(9-12)10-17-8-7-15(11-17)16(18)14-5-6-14/h2-4,7-9,11,14H,5-6,10H2,1H3. The number of carbonyl (C=O) groups is 1. The van der Waals surface area contributed by atoms with Crippen LogP contribution in [0.4, 0.5) is 0 Å². The van der Waals surface area contributed by atoms with Crippen LogP contribution < -0.4 is 0 Å². The van der Waals surface area contributed by atoms with E-state index in [2.05, 4.69) is 35.8 Å². The maximum absolute atomic E-state index is 11.9. The van der Waals surface area contributed by atoms with Crippen LogP contribution in [0.3, 0.4) is 0 Å². The van der Waals surface area contributed by atoms with Gasteiger partial charge in [0.05, 0.1) is 0 Å². The maximum atomic E-state index is 11.9. The molecule has 1 saturated carbocycles. The van der Waals surface area contributed by atoms with Crippen molar-refractivity contribution in [3.8, 4) is 0 Å². The van der Waals surface area contributed by atoms with Gasteiger partial charge in [-0.1, -0.05) is 29.8 Å². The lowest BCUT2D eigenvalue weighted by Gasteiger charge is -2.04. The van der Waals surface area contributed by atoms with Gasteiger partial charge in [-0.3, -0.25) is 4.79 Å². The highest BCUT2D eigenvalue weighted by atomic mass is 16.1. The molecule has 2 nitrogen and oxygen atoms in total. The van der Waals surface area contributed by atoms with E-state index in [9.17, 15) is 4.79 Å². The lowest BCUT2D eigenvalue weighted by Crippen LogP contribution is -2.00. The van der Waals surface area contributed by atoms with Crippen molar-refractivity contribution in [1.82, 2.24) is 4.57 Å². The molecule has 0 radical (unpaired) electrons. The van der Waals surface area contributed by atoms with Gasteiger partial charge in [0.15, 0.2) is 5.78 Å². The average molecular weight is 239 g/mol. The number of benzene rings is 1. The predicted octanol–water partition coefficient (Wildman–Crippen LogP) is 3.44. The van der Waals surface area contributed by atoms with Crippen LogP contribution in [0.15, 0.2) is 42.7 Å². The van der Waals surface area contributed by atoms with Gasteiger partial charge >= 0.3 is 0 Å². The Morgan fingerprint density at radius 2 is 2.17 bits per heavy atom. The van der Waals surface area contributed by atoms with Crippen LogP contribution in [0.2, 0.25) is 0 Å². The van der Waals surface area contributed by atoms with E-state index < -0.39 is 0 Å². The molecule has 18 heavy (non-hydrogen) atoms. The van der Waals surface area contributed by atoms with E-state index in [0.717, 1.165) is 24.9 Å². The SMILES string of the molecule is Cc1cccc(Cn2ccc(C(=O)C3CC3)c2)c1. The second kappa shape index (κ2) is 4.45. The quantitative estimate of drug-likeness (QED) is 0.749. The number of nitrogens with zero attached hydrogens (tertiary/aromatic N) is 1. The monoisotopic (exact) mass is 239 g/mol. The summed E-state index contributed by atoms with van der Waals surface area (Å²) in [6.07, 6.45) is 6.12. The van der Waals surface area contributed by atoms with Gasteiger partial charge in [-0.15, -0.1) is 0 Å². The average Bonchev–Trinajstić information content (AvgIpc) is 3.09. The number of ketones is 1. The van der Waals surface area contributed by atoms with Crippen molar-refractivity contribution < 1.29 is 4.79 Å². The number of Topliss-reactive ketones (excluding diaryl/α,β-unsaturated/α-hetero) is 1. The highest BCUT2D eigenvalue weighted by molar-refractivity contribution is 5.99. The fraction of sp³-hybridized carbons (Fsp3) is 0.312. The van der Waals surface area contributed by atoms with Crippen molar-refractivity contribution in [2.75, 3.05) is 0 Å². The Bertz CT molecular complexity index is 578. The smallest absolute Gasteiger partial charge is 0.167 e. The molecule has 0 amide bonds. The van der Waals surface area contributed by atoms with E-state index in [0.29, 0.717) is 11.7 Å². The van der Waals surface area contributed by atoms with Gasteiger partial charge in [0.2, 0.25) is 0 Å². The van der Waals surface area contributed by atoms with Crippen molar-refractivity contribution >= 4 is 5.78 Å². The number of carbonyl (C=O) groups excluding carboxylic acids is 1. The normalized spacial score (nSPS) is 14.7. The zero-order chi connectivity index (χ0) is 12.5. The Morgan fingerprint density at radius 3 is 2.89 bits per heavy atom. The minimum atomic E-state index is 0.305. The zero-order valence-corrected chi connectivity index (χ0v) is 10.6.